The van der Waals surface area contributed by atoms with Crippen molar-refractivity contribution in [1.82, 2.24) is 20.0 Å². The second-order valence-corrected chi connectivity index (χ2v) is 5.68. The highest BCUT2D eigenvalue weighted by Gasteiger charge is 2.14. The molecule has 0 aliphatic heterocycles. The molecule has 0 bridgehead atoms. The van der Waals surface area contributed by atoms with Crippen molar-refractivity contribution in [2.45, 2.75) is 18.2 Å². The lowest BCUT2D eigenvalue weighted by Crippen LogP contribution is -2.08. The van der Waals surface area contributed by atoms with E-state index in [2.05, 4.69) is 26.9 Å². The maximum absolute atomic E-state index is 12.3. The summed E-state index contributed by atoms with van der Waals surface area (Å²) in [4.78, 5) is 0.617. The van der Waals surface area contributed by atoms with Gasteiger partial charge in [0.25, 0.3) is 0 Å². The Morgan fingerprint density at radius 3 is 2.95 bits per heavy atom. The van der Waals surface area contributed by atoms with Gasteiger partial charge in [-0.3, -0.25) is 14.5 Å². The summed E-state index contributed by atoms with van der Waals surface area (Å²) in [5.74, 6) is 0. The molecule has 1 unspecified atom stereocenters. The molecule has 0 spiro atoms. The fraction of sp³-hybridized carbons (Fsp3) is 0.231. The first-order valence-electron chi connectivity index (χ1n) is 6.31. The summed E-state index contributed by atoms with van der Waals surface area (Å²) in [6.07, 6.45) is 5.84. The maximum Gasteiger partial charge on any atom is 0.153 e. The van der Waals surface area contributed by atoms with Gasteiger partial charge in [-0.25, -0.2) is 4.21 Å². The third-order valence-electron chi connectivity index (χ3n) is 3.25. The van der Waals surface area contributed by atoms with Crippen molar-refractivity contribution in [2.24, 2.45) is 7.05 Å². The van der Waals surface area contributed by atoms with Crippen LogP contribution in [0.5, 0.6) is 0 Å². The smallest absolute Gasteiger partial charge is 0.153 e. The number of hydrogen-bond acceptors (Lipinski definition) is 3. The number of aryl methyl sites for hydroxylation is 2. The lowest BCUT2D eigenvalue weighted by atomic mass is 10.1. The van der Waals surface area contributed by atoms with Crippen molar-refractivity contribution in [3.8, 4) is 0 Å². The van der Waals surface area contributed by atoms with E-state index in [4.69, 9.17) is 0 Å². The predicted octanol–water partition coefficient (Wildman–Crippen LogP) is 1.99. The molecule has 1 atom stereocenters. The van der Waals surface area contributed by atoms with Crippen LogP contribution in [0.4, 0.5) is 5.69 Å². The van der Waals surface area contributed by atoms with Gasteiger partial charge in [0.1, 0.15) is 0 Å². The second kappa shape index (κ2) is 5.09. The summed E-state index contributed by atoms with van der Waals surface area (Å²) in [5.41, 5.74) is 2.93. The fourth-order valence-corrected chi connectivity index (χ4v) is 3.05. The normalized spacial score (nSPS) is 12.7. The molecular formula is C13H15N5OS. The molecule has 2 N–H and O–H groups in total. The highest BCUT2D eigenvalue weighted by atomic mass is 32.2. The Hall–Kier alpha value is -2.15. The number of anilines is 1. The van der Waals surface area contributed by atoms with Gasteiger partial charge < -0.3 is 0 Å². The van der Waals surface area contributed by atoms with Crippen LogP contribution in [-0.2, 0) is 24.5 Å². The predicted molar refractivity (Wildman–Crippen MR) is 78.7 cm³/mol. The van der Waals surface area contributed by atoms with Gasteiger partial charge in [-0.05, 0) is 12.0 Å². The zero-order chi connectivity index (χ0) is 14.1. The van der Waals surface area contributed by atoms with Crippen molar-refractivity contribution >= 4 is 27.6 Å². The van der Waals surface area contributed by atoms with Crippen LogP contribution >= 0.6 is 0 Å². The number of aromatic nitrogens is 4. The van der Waals surface area contributed by atoms with Crippen molar-refractivity contribution in [1.29, 1.82) is 0 Å². The summed E-state index contributed by atoms with van der Waals surface area (Å²) in [6, 6.07) is 4.08. The highest BCUT2D eigenvalue weighted by molar-refractivity contribution is 7.86. The SMILES string of the molecule is CCc1ccc2cnn(C)c2c1NS(=O)c1cn[nH]c1. The molecule has 0 saturated carbocycles. The highest BCUT2D eigenvalue weighted by Crippen LogP contribution is 2.28. The number of hydrogen-bond donors (Lipinski definition) is 2. The molecule has 0 saturated heterocycles. The van der Waals surface area contributed by atoms with Crippen LogP contribution < -0.4 is 4.72 Å². The first-order valence-corrected chi connectivity index (χ1v) is 7.46. The van der Waals surface area contributed by atoms with Crippen LogP contribution in [0, 0.1) is 0 Å². The molecule has 2 aromatic heterocycles. The number of rotatable bonds is 4. The number of nitrogens with zero attached hydrogens (tertiary/aromatic N) is 3. The van der Waals surface area contributed by atoms with Crippen LogP contribution in [0.1, 0.15) is 12.5 Å². The summed E-state index contributed by atoms with van der Waals surface area (Å²) in [7, 11) is 0.534. The summed E-state index contributed by atoms with van der Waals surface area (Å²) in [5, 5.41) is 11.8. The van der Waals surface area contributed by atoms with Gasteiger partial charge in [-0.1, -0.05) is 19.1 Å². The molecule has 104 valence electrons. The largest absolute Gasteiger partial charge is 0.299 e. The summed E-state index contributed by atoms with van der Waals surface area (Å²) in [6.45, 7) is 2.07. The van der Waals surface area contributed by atoms with E-state index in [9.17, 15) is 4.21 Å². The minimum atomic E-state index is -1.35. The van der Waals surface area contributed by atoms with Crippen molar-refractivity contribution < 1.29 is 4.21 Å². The standard InChI is InChI=1S/C13H15N5OS/c1-3-9-4-5-10-6-16-18(2)13(10)12(9)17-20(19)11-7-14-15-8-11/h4-8,17H,3H2,1-2H3,(H,14,15). The minimum absolute atomic E-state index is 0.617. The van der Waals surface area contributed by atoms with Gasteiger partial charge in [0.15, 0.2) is 11.0 Å². The Labute approximate surface area is 118 Å². The number of nitrogens with one attached hydrogen (secondary N) is 2. The van der Waals surface area contributed by atoms with Gasteiger partial charge in [-0.15, -0.1) is 0 Å². The number of aromatic amines is 1. The molecule has 2 heterocycles. The Balaban J connectivity index is 2.09. The van der Waals surface area contributed by atoms with E-state index in [0.717, 1.165) is 28.6 Å². The molecule has 6 nitrogen and oxygen atoms in total. The fourth-order valence-electron chi connectivity index (χ4n) is 2.21. The van der Waals surface area contributed by atoms with Crippen LogP contribution in [0.3, 0.4) is 0 Å². The maximum atomic E-state index is 12.3. The average Bonchev–Trinajstić information content (AvgIpc) is 3.09. The summed E-state index contributed by atoms with van der Waals surface area (Å²) < 4.78 is 17.2. The van der Waals surface area contributed by atoms with Crippen LogP contribution in [0.2, 0.25) is 0 Å². The van der Waals surface area contributed by atoms with E-state index >= 15 is 0 Å². The third-order valence-corrected chi connectivity index (χ3v) is 4.29. The van der Waals surface area contributed by atoms with E-state index in [0.29, 0.717) is 4.90 Å². The first-order chi connectivity index (χ1) is 9.70. The molecule has 0 aliphatic carbocycles. The molecule has 7 heteroatoms. The molecular weight excluding hydrogens is 274 g/mol. The van der Waals surface area contributed by atoms with E-state index in [1.54, 1.807) is 23.3 Å². The van der Waals surface area contributed by atoms with Crippen LogP contribution in [0.15, 0.2) is 35.6 Å². The van der Waals surface area contributed by atoms with Crippen molar-refractivity contribution in [3.05, 3.63) is 36.3 Å². The molecule has 0 fully saturated rings. The quantitative estimate of drug-likeness (QED) is 0.771. The summed E-state index contributed by atoms with van der Waals surface area (Å²) >= 11 is 0. The van der Waals surface area contributed by atoms with Crippen molar-refractivity contribution in [3.63, 3.8) is 0 Å². The monoisotopic (exact) mass is 289 g/mol. The number of fused-ring (bicyclic) bond motifs is 1. The van der Waals surface area contributed by atoms with Gasteiger partial charge in [0.05, 0.1) is 28.5 Å². The molecule has 3 aromatic rings. The van der Waals surface area contributed by atoms with E-state index in [1.807, 2.05) is 19.2 Å². The van der Waals surface area contributed by atoms with Gasteiger partial charge in [-0.2, -0.15) is 10.2 Å². The minimum Gasteiger partial charge on any atom is -0.299 e. The lowest BCUT2D eigenvalue weighted by molar-refractivity contribution is 0.686. The Morgan fingerprint density at radius 1 is 1.40 bits per heavy atom. The average molecular weight is 289 g/mol. The third kappa shape index (κ3) is 2.09. The van der Waals surface area contributed by atoms with E-state index < -0.39 is 11.0 Å². The number of benzene rings is 1. The van der Waals surface area contributed by atoms with Crippen LogP contribution in [-0.4, -0.2) is 24.2 Å². The number of H-pyrrole nitrogens is 1. The Bertz CT molecular complexity index is 763. The molecule has 0 aliphatic rings. The van der Waals surface area contributed by atoms with E-state index in [1.165, 1.54) is 0 Å². The molecule has 0 radical (unpaired) electrons. The van der Waals surface area contributed by atoms with Gasteiger partial charge in [0.2, 0.25) is 0 Å². The van der Waals surface area contributed by atoms with E-state index in [-0.39, 0.29) is 0 Å². The van der Waals surface area contributed by atoms with Crippen molar-refractivity contribution in [2.75, 3.05) is 4.72 Å². The Kier molecular flexibility index (Phi) is 3.27. The lowest BCUT2D eigenvalue weighted by Gasteiger charge is -2.12. The zero-order valence-electron chi connectivity index (χ0n) is 11.3. The topological polar surface area (TPSA) is 75.6 Å². The molecule has 1 aromatic carbocycles. The molecule has 20 heavy (non-hydrogen) atoms. The second-order valence-electron chi connectivity index (χ2n) is 4.46. The Morgan fingerprint density at radius 2 is 2.25 bits per heavy atom. The molecule has 3 rings (SSSR count). The van der Waals surface area contributed by atoms with Gasteiger partial charge in [0, 0.05) is 18.6 Å². The van der Waals surface area contributed by atoms with Crippen LogP contribution in [0.25, 0.3) is 10.9 Å². The molecule has 0 amide bonds. The first kappa shape index (κ1) is 12.9. The zero-order valence-corrected chi connectivity index (χ0v) is 12.1. The van der Waals surface area contributed by atoms with Gasteiger partial charge >= 0.3 is 0 Å².